The molecule has 1 aliphatic rings. The number of hydrogen-bond acceptors (Lipinski definition) is 6. The van der Waals surface area contributed by atoms with E-state index >= 15 is 0 Å². The number of hydrogen-bond donors (Lipinski definition) is 0. The van der Waals surface area contributed by atoms with Crippen LogP contribution in [0, 0.1) is 0 Å². The molecule has 0 bridgehead atoms. The lowest BCUT2D eigenvalue weighted by molar-refractivity contribution is 0.395. The molecule has 0 radical (unpaired) electrons. The average molecular weight is 341 g/mol. The molecule has 24 heavy (non-hydrogen) atoms. The van der Waals surface area contributed by atoms with Crippen LogP contribution in [0.3, 0.4) is 0 Å². The molecule has 6 heteroatoms. The molecule has 3 heterocycles. The fourth-order valence-corrected chi connectivity index (χ4v) is 4.18. The van der Waals surface area contributed by atoms with Gasteiger partial charge >= 0.3 is 0 Å². The van der Waals surface area contributed by atoms with Gasteiger partial charge in [0, 0.05) is 12.1 Å². The summed E-state index contributed by atoms with van der Waals surface area (Å²) in [5, 5.41) is 3.19. The second kappa shape index (κ2) is 6.28. The predicted octanol–water partition coefficient (Wildman–Crippen LogP) is 4.05. The van der Waals surface area contributed by atoms with Crippen LogP contribution < -0.4 is 14.4 Å². The summed E-state index contributed by atoms with van der Waals surface area (Å²) in [4.78, 5) is 12.4. The van der Waals surface area contributed by atoms with Crippen LogP contribution in [-0.4, -0.2) is 30.7 Å². The van der Waals surface area contributed by atoms with E-state index in [4.69, 9.17) is 9.47 Å². The topological polar surface area (TPSA) is 47.5 Å². The van der Waals surface area contributed by atoms with E-state index < -0.39 is 0 Å². The SMILES string of the molecule is COc1ccc(OC)c([C@@H]2CCCN2c2ncnc3sccc23)c1. The molecular weight excluding hydrogens is 322 g/mol. The Bertz CT molecular complexity index is 864. The molecule has 1 saturated heterocycles. The third kappa shape index (κ3) is 2.47. The molecule has 1 aliphatic heterocycles. The van der Waals surface area contributed by atoms with Crippen LogP contribution in [0.4, 0.5) is 5.82 Å². The summed E-state index contributed by atoms with van der Waals surface area (Å²) in [7, 11) is 3.41. The van der Waals surface area contributed by atoms with Gasteiger partial charge in [-0.05, 0) is 42.5 Å². The maximum Gasteiger partial charge on any atom is 0.141 e. The summed E-state index contributed by atoms with van der Waals surface area (Å²) in [6.07, 6.45) is 3.85. The monoisotopic (exact) mass is 341 g/mol. The van der Waals surface area contributed by atoms with E-state index in [1.54, 1.807) is 31.9 Å². The van der Waals surface area contributed by atoms with Crippen molar-refractivity contribution in [3.8, 4) is 11.5 Å². The van der Waals surface area contributed by atoms with Crippen molar-refractivity contribution in [3.05, 3.63) is 41.5 Å². The van der Waals surface area contributed by atoms with Gasteiger partial charge in [-0.2, -0.15) is 0 Å². The van der Waals surface area contributed by atoms with Crippen molar-refractivity contribution in [1.29, 1.82) is 0 Å². The number of methoxy groups -OCH3 is 2. The lowest BCUT2D eigenvalue weighted by atomic mass is 10.0. The summed E-state index contributed by atoms with van der Waals surface area (Å²) in [5.74, 6) is 2.75. The van der Waals surface area contributed by atoms with Crippen LogP contribution in [0.1, 0.15) is 24.4 Å². The third-order valence-corrected chi connectivity index (χ3v) is 5.38. The van der Waals surface area contributed by atoms with Crippen LogP contribution in [0.5, 0.6) is 11.5 Å². The van der Waals surface area contributed by atoms with E-state index in [0.29, 0.717) is 0 Å². The van der Waals surface area contributed by atoms with Crippen molar-refractivity contribution in [2.45, 2.75) is 18.9 Å². The molecule has 0 aliphatic carbocycles. The Morgan fingerprint density at radius 2 is 2.08 bits per heavy atom. The van der Waals surface area contributed by atoms with Gasteiger partial charge in [-0.15, -0.1) is 11.3 Å². The van der Waals surface area contributed by atoms with Crippen molar-refractivity contribution in [2.75, 3.05) is 25.7 Å². The highest BCUT2D eigenvalue weighted by Crippen LogP contribution is 2.42. The minimum atomic E-state index is 0.230. The minimum Gasteiger partial charge on any atom is -0.497 e. The second-order valence-electron chi connectivity index (χ2n) is 5.80. The van der Waals surface area contributed by atoms with E-state index in [-0.39, 0.29) is 6.04 Å². The van der Waals surface area contributed by atoms with Crippen molar-refractivity contribution >= 4 is 27.4 Å². The highest BCUT2D eigenvalue weighted by Gasteiger charge is 2.31. The summed E-state index contributed by atoms with van der Waals surface area (Å²) >= 11 is 1.65. The number of fused-ring (bicyclic) bond motifs is 1. The molecule has 124 valence electrons. The molecule has 1 fully saturated rings. The normalized spacial score (nSPS) is 17.4. The van der Waals surface area contributed by atoms with E-state index in [1.807, 2.05) is 12.1 Å². The Labute approximate surface area is 144 Å². The first-order chi connectivity index (χ1) is 11.8. The fraction of sp³-hybridized carbons (Fsp3) is 0.333. The van der Waals surface area contributed by atoms with Crippen molar-refractivity contribution in [2.24, 2.45) is 0 Å². The highest BCUT2D eigenvalue weighted by molar-refractivity contribution is 7.16. The van der Waals surface area contributed by atoms with Gasteiger partial charge in [-0.25, -0.2) is 9.97 Å². The molecule has 2 aromatic heterocycles. The largest absolute Gasteiger partial charge is 0.497 e. The smallest absolute Gasteiger partial charge is 0.141 e. The first-order valence-electron chi connectivity index (χ1n) is 7.98. The molecule has 0 saturated carbocycles. The first kappa shape index (κ1) is 15.2. The summed E-state index contributed by atoms with van der Waals surface area (Å²) in [6.45, 7) is 0.979. The summed E-state index contributed by atoms with van der Waals surface area (Å²) in [5.41, 5.74) is 1.15. The standard InChI is InChI=1S/C18H19N3O2S/c1-22-12-5-6-16(23-2)14(10-12)15-4-3-8-21(15)17-13-7-9-24-18(13)20-11-19-17/h5-7,9-11,15H,3-4,8H2,1-2H3/t15-/m0/s1. The second-order valence-corrected chi connectivity index (χ2v) is 6.69. The van der Waals surface area contributed by atoms with Gasteiger partial charge in [0.25, 0.3) is 0 Å². The Hall–Kier alpha value is -2.34. The number of rotatable bonds is 4. The van der Waals surface area contributed by atoms with E-state index in [2.05, 4.69) is 32.4 Å². The van der Waals surface area contributed by atoms with E-state index in [9.17, 15) is 0 Å². The molecule has 4 rings (SSSR count). The highest BCUT2D eigenvalue weighted by atomic mass is 32.1. The Morgan fingerprint density at radius 1 is 1.17 bits per heavy atom. The zero-order chi connectivity index (χ0) is 16.5. The lowest BCUT2D eigenvalue weighted by Crippen LogP contribution is -2.24. The Morgan fingerprint density at radius 3 is 2.92 bits per heavy atom. The van der Waals surface area contributed by atoms with E-state index in [0.717, 1.165) is 52.5 Å². The summed E-state index contributed by atoms with van der Waals surface area (Å²) in [6, 6.07) is 8.32. The number of thiophene rings is 1. The molecule has 1 atom stereocenters. The average Bonchev–Trinajstić information content (AvgIpc) is 3.29. The molecule has 0 spiro atoms. The molecule has 5 nitrogen and oxygen atoms in total. The molecule has 0 N–H and O–H groups in total. The number of aromatic nitrogens is 2. The van der Waals surface area contributed by atoms with Gasteiger partial charge in [-0.3, -0.25) is 0 Å². The maximum absolute atomic E-state index is 5.60. The zero-order valence-electron chi connectivity index (χ0n) is 13.7. The van der Waals surface area contributed by atoms with Gasteiger partial charge in [0.05, 0.1) is 25.6 Å². The fourth-order valence-electron chi connectivity index (χ4n) is 3.45. The summed E-state index contributed by atoms with van der Waals surface area (Å²) < 4.78 is 11.0. The van der Waals surface area contributed by atoms with Gasteiger partial charge in [0.1, 0.15) is 28.5 Å². The number of nitrogens with zero attached hydrogens (tertiary/aromatic N) is 3. The van der Waals surface area contributed by atoms with Crippen molar-refractivity contribution in [1.82, 2.24) is 9.97 Å². The van der Waals surface area contributed by atoms with Gasteiger partial charge in [0.2, 0.25) is 0 Å². The van der Waals surface area contributed by atoms with Crippen LogP contribution >= 0.6 is 11.3 Å². The Kier molecular flexibility index (Phi) is 3.98. The molecule has 0 unspecified atom stereocenters. The van der Waals surface area contributed by atoms with E-state index in [1.165, 1.54) is 0 Å². The number of ether oxygens (including phenoxy) is 2. The molecule has 0 amide bonds. The predicted molar refractivity (Wildman–Crippen MR) is 96.3 cm³/mol. The van der Waals surface area contributed by atoms with Crippen LogP contribution in [0.15, 0.2) is 36.0 Å². The van der Waals surface area contributed by atoms with Gasteiger partial charge in [0.15, 0.2) is 0 Å². The molecule has 3 aromatic rings. The third-order valence-electron chi connectivity index (χ3n) is 4.56. The quantitative estimate of drug-likeness (QED) is 0.716. The minimum absolute atomic E-state index is 0.230. The van der Waals surface area contributed by atoms with Crippen LogP contribution in [0.2, 0.25) is 0 Å². The maximum atomic E-state index is 5.60. The zero-order valence-corrected chi connectivity index (χ0v) is 14.5. The van der Waals surface area contributed by atoms with Crippen molar-refractivity contribution < 1.29 is 9.47 Å². The number of anilines is 1. The Balaban J connectivity index is 1.80. The van der Waals surface area contributed by atoms with Crippen LogP contribution in [0.25, 0.3) is 10.2 Å². The van der Waals surface area contributed by atoms with Crippen LogP contribution in [-0.2, 0) is 0 Å². The number of benzene rings is 1. The lowest BCUT2D eigenvalue weighted by Gasteiger charge is -2.28. The first-order valence-corrected chi connectivity index (χ1v) is 8.86. The van der Waals surface area contributed by atoms with Crippen molar-refractivity contribution in [3.63, 3.8) is 0 Å². The molecular formula is C18H19N3O2S. The molecule has 1 aromatic carbocycles. The van der Waals surface area contributed by atoms with Gasteiger partial charge < -0.3 is 14.4 Å². The van der Waals surface area contributed by atoms with Gasteiger partial charge in [-0.1, -0.05) is 0 Å².